The highest BCUT2D eigenvalue weighted by atomic mass is 32.1. The normalized spacial score (nSPS) is 44.6. The van der Waals surface area contributed by atoms with Gasteiger partial charge in [0.05, 0.1) is 11.5 Å². The molecule has 0 aromatic carbocycles. The zero-order valence-corrected chi connectivity index (χ0v) is 5.43. The Kier molecular flexibility index (Phi) is 1.25. The Balaban J connectivity index is 2.64. The minimum Gasteiger partial charge on any atom is -0.469 e. The number of aliphatic hydroxyl groups is 1. The zero-order valence-electron chi connectivity index (χ0n) is 4.53. The Morgan fingerprint density at radius 1 is 1.88 bits per heavy atom. The highest BCUT2D eigenvalue weighted by Crippen LogP contribution is 2.23. The molecular weight excluding hydrogens is 124 g/mol. The van der Waals surface area contributed by atoms with E-state index >= 15 is 0 Å². The van der Waals surface area contributed by atoms with E-state index in [4.69, 9.17) is 9.84 Å². The van der Waals surface area contributed by atoms with Crippen LogP contribution in [0.2, 0.25) is 0 Å². The molecule has 46 valence electrons. The first-order valence-electron chi connectivity index (χ1n) is 2.38. The summed E-state index contributed by atoms with van der Waals surface area (Å²) in [5.74, 6) is -1.09. The van der Waals surface area contributed by atoms with Crippen molar-refractivity contribution in [3.63, 3.8) is 0 Å². The van der Waals surface area contributed by atoms with Gasteiger partial charge in [0.15, 0.2) is 0 Å². The van der Waals surface area contributed by atoms with E-state index in [2.05, 4.69) is 12.6 Å². The molecule has 1 aliphatic rings. The number of hydrogen-bond acceptors (Lipinski definition) is 3. The smallest absolute Gasteiger partial charge is 0.219 e. The van der Waals surface area contributed by atoms with Gasteiger partial charge in [0.1, 0.15) is 0 Å². The van der Waals surface area contributed by atoms with Crippen molar-refractivity contribution in [2.75, 3.05) is 0 Å². The predicted molar refractivity (Wildman–Crippen MR) is 33.6 cm³/mol. The maximum Gasteiger partial charge on any atom is 0.219 e. The molecule has 1 N–H and O–H groups in total. The van der Waals surface area contributed by atoms with Gasteiger partial charge < -0.3 is 9.84 Å². The molecular formula is C5H8O2S. The van der Waals surface area contributed by atoms with E-state index in [1.54, 1.807) is 13.0 Å². The van der Waals surface area contributed by atoms with Gasteiger partial charge in [-0.05, 0) is 6.08 Å². The molecule has 8 heavy (non-hydrogen) atoms. The minimum atomic E-state index is -1.09. The molecule has 1 aliphatic heterocycles. The molecule has 0 saturated heterocycles. The van der Waals surface area contributed by atoms with Gasteiger partial charge >= 0.3 is 0 Å². The molecule has 3 heteroatoms. The zero-order chi connectivity index (χ0) is 6.20. The molecule has 0 bridgehead atoms. The number of ether oxygens (including phenoxy) is 1. The van der Waals surface area contributed by atoms with Crippen LogP contribution in [0.25, 0.3) is 0 Å². The third-order valence-electron chi connectivity index (χ3n) is 1.12. The molecule has 1 rings (SSSR count). The first-order chi connectivity index (χ1) is 3.63. The fourth-order valence-electron chi connectivity index (χ4n) is 0.500. The molecule has 0 amide bonds. The second-order valence-corrected chi connectivity index (χ2v) is 2.50. The van der Waals surface area contributed by atoms with Crippen LogP contribution in [0.15, 0.2) is 12.3 Å². The van der Waals surface area contributed by atoms with Crippen molar-refractivity contribution in [2.24, 2.45) is 0 Å². The van der Waals surface area contributed by atoms with Crippen LogP contribution in [0.5, 0.6) is 0 Å². The third kappa shape index (κ3) is 0.833. The van der Waals surface area contributed by atoms with Crippen molar-refractivity contribution >= 4 is 12.6 Å². The van der Waals surface area contributed by atoms with Crippen molar-refractivity contribution in [3.05, 3.63) is 12.3 Å². The van der Waals surface area contributed by atoms with Gasteiger partial charge in [0, 0.05) is 6.92 Å². The van der Waals surface area contributed by atoms with Crippen LogP contribution in [-0.4, -0.2) is 16.1 Å². The van der Waals surface area contributed by atoms with Crippen molar-refractivity contribution in [2.45, 2.75) is 18.0 Å². The summed E-state index contributed by atoms with van der Waals surface area (Å²) in [7, 11) is 0. The van der Waals surface area contributed by atoms with Crippen LogP contribution in [0.3, 0.4) is 0 Å². The number of rotatable bonds is 0. The topological polar surface area (TPSA) is 29.5 Å². The Morgan fingerprint density at radius 2 is 2.50 bits per heavy atom. The van der Waals surface area contributed by atoms with E-state index in [0.29, 0.717) is 0 Å². The SMILES string of the molecule is CC1(O)OC=CC1S. The summed E-state index contributed by atoms with van der Waals surface area (Å²) in [5.41, 5.74) is 0. The van der Waals surface area contributed by atoms with Crippen LogP contribution in [0, 0.1) is 0 Å². The Labute approximate surface area is 53.6 Å². The molecule has 0 aliphatic carbocycles. The molecule has 0 aromatic rings. The van der Waals surface area contributed by atoms with Crippen molar-refractivity contribution in [1.29, 1.82) is 0 Å². The first kappa shape index (κ1) is 5.98. The summed E-state index contributed by atoms with van der Waals surface area (Å²) in [5, 5.41) is 8.91. The van der Waals surface area contributed by atoms with Gasteiger partial charge in [-0.15, -0.1) is 0 Å². The van der Waals surface area contributed by atoms with E-state index in [1.165, 1.54) is 6.26 Å². The average molecular weight is 132 g/mol. The second kappa shape index (κ2) is 1.67. The van der Waals surface area contributed by atoms with Gasteiger partial charge in [-0.25, -0.2) is 0 Å². The van der Waals surface area contributed by atoms with Crippen molar-refractivity contribution < 1.29 is 9.84 Å². The van der Waals surface area contributed by atoms with Gasteiger partial charge in [-0.2, -0.15) is 12.6 Å². The van der Waals surface area contributed by atoms with Gasteiger partial charge in [-0.1, -0.05) is 0 Å². The number of thiol groups is 1. The van der Waals surface area contributed by atoms with E-state index in [1.807, 2.05) is 0 Å². The largest absolute Gasteiger partial charge is 0.469 e. The van der Waals surface area contributed by atoms with Crippen LogP contribution in [0.4, 0.5) is 0 Å². The third-order valence-corrected chi connectivity index (χ3v) is 1.77. The lowest BCUT2D eigenvalue weighted by Crippen LogP contribution is -2.31. The highest BCUT2D eigenvalue weighted by molar-refractivity contribution is 7.81. The minimum absolute atomic E-state index is 0.192. The summed E-state index contributed by atoms with van der Waals surface area (Å²) >= 11 is 4.01. The predicted octanol–water partition coefficient (Wildman–Crippen LogP) is 0.537. The molecule has 2 nitrogen and oxygen atoms in total. The van der Waals surface area contributed by atoms with E-state index in [0.717, 1.165) is 0 Å². The van der Waals surface area contributed by atoms with Gasteiger partial charge in [0.2, 0.25) is 5.79 Å². The molecule has 0 spiro atoms. The summed E-state index contributed by atoms with van der Waals surface area (Å²) in [6.45, 7) is 1.57. The second-order valence-electron chi connectivity index (χ2n) is 1.95. The summed E-state index contributed by atoms with van der Waals surface area (Å²) < 4.78 is 4.75. The lowest BCUT2D eigenvalue weighted by molar-refractivity contribution is -0.130. The molecule has 0 aromatic heterocycles. The van der Waals surface area contributed by atoms with E-state index < -0.39 is 5.79 Å². The van der Waals surface area contributed by atoms with Crippen molar-refractivity contribution in [1.82, 2.24) is 0 Å². The van der Waals surface area contributed by atoms with Crippen molar-refractivity contribution in [3.8, 4) is 0 Å². The Bertz CT molecular complexity index is 120. The maximum absolute atomic E-state index is 9.10. The fourth-order valence-corrected chi connectivity index (χ4v) is 0.631. The maximum atomic E-state index is 9.10. The van der Waals surface area contributed by atoms with E-state index in [-0.39, 0.29) is 5.25 Å². The molecule has 1 heterocycles. The highest BCUT2D eigenvalue weighted by Gasteiger charge is 2.32. The molecule has 0 saturated carbocycles. The molecule has 2 unspecified atom stereocenters. The van der Waals surface area contributed by atoms with Crippen LogP contribution in [0.1, 0.15) is 6.92 Å². The van der Waals surface area contributed by atoms with Gasteiger partial charge in [0.25, 0.3) is 0 Å². The van der Waals surface area contributed by atoms with Crippen LogP contribution >= 0.6 is 12.6 Å². The van der Waals surface area contributed by atoms with Crippen LogP contribution in [-0.2, 0) is 4.74 Å². The molecule has 2 atom stereocenters. The number of hydrogen-bond donors (Lipinski definition) is 2. The molecule has 0 radical (unpaired) electrons. The lowest BCUT2D eigenvalue weighted by Gasteiger charge is -2.19. The lowest BCUT2D eigenvalue weighted by atomic mass is 10.2. The summed E-state index contributed by atoms with van der Waals surface area (Å²) in [6.07, 6.45) is 3.15. The average Bonchev–Trinajstić information content (AvgIpc) is 1.86. The molecule has 0 fully saturated rings. The van der Waals surface area contributed by atoms with Crippen LogP contribution < -0.4 is 0 Å². The Hall–Kier alpha value is -0.150. The van der Waals surface area contributed by atoms with Gasteiger partial charge in [-0.3, -0.25) is 0 Å². The van der Waals surface area contributed by atoms with E-state index in [9.17, 15) is 0 Å². The first-order valence-corrected chi connectivity index (χ1v) is 2.89. The standard InChI is InChI=1S/C5H8O2S/c1-5(6)4(8)2-3-7-5/h2-4,6,8H,1H3. The fraction of sp³-hybridized carbons (Fsp3) is 0.600. The quantitative estimate of drug-likeness (QED) is 0.471. The Morgan fingerprint density at radius 3 is 2.62 bits per heavy atom. The monoisotopic (exact) mass is 132 g/mol. The summed E-state index contributed by atoms with van der Waals surface area (Å²) in [4.78, 5) is 0. The summed E-state index contributed by atoms with van der Waals surface area (Å²) in [6, 6.07) is 0.